The van der Waals surface area contributed by atoms with Gasteiger partial charge in [0, 0.05) is 58.0 Å². The molecule has 1 saturated heterocycles. The predicted octanol–water partition coefficient (Wildman–Crippen LogP) is 0.704. The summed E-state index contributed by atoms with van der Waals surface area (Å²) in [4.78, 5) is 58.8. The first kappa shape index (κ1) is 26.7. The fourth-order valence-corrected chi connectivity index (χ4v) is 3.84. The Kier molecular flexibility index (Phi) is 10.3. The highest BCUT2D eigenvalue weighted by Crippen LogP contribution is 2.14. The van der Waals surface area contributed by atoms with Crippen LogP contribution in [-0.4, -0.2) is 91.7 Å². The van der Waals surface area contributed by atoms with E-state index in [4.69, 9.17) is 4.74 Å². The minimum absolute atomic E-state index is 0.163. The van der Waals surface area contributed by atoms with Crippen LogP contribution in [0.5, 0.6) is 5.75 Å². The van der Waals surface area contributed by atoms with Crippen molar-refractivity contribution in [1.82, 2.24) is 25.5 Å². The number of nitrogens with one attached hydrogen (secondary N) is 2. The molecule has 0 radical (unpaired) electrons. The Bertz CT molecular complexity index is 1010. The number of aldehydes is 2. The van der Waals surface area contributed by atoms with Crippen molar-refractivity contribution in [3.8, 4) is 5.75 Å². The Morgan fingerprint density at radius 3 is 2.50 bits per heavy atom. The summed E-state index contributed by atoms with van der Waals surface area (Å²) in [6.45, 7) is 5.02. The molecule has 0 spiro atoms. The number of carbonyl (C=O) groups is 4. The molecule has 2 aromatic heterocycles. The first-order valence-electron chi connectivity index (χ1n) is 12.0. The van der Waals surface area contributed by atoms with Gasteiger partial charge >= 0.3 is 0 Å². The second-order valence-corrected chi connectivity index (χ2v) is 8.36. The van der Waals surface area contributed by atoms with Crippen LogP contribution >= 0.6 is 0 Å². The number of piperazine rings is 1. The number of hydrogen-bond donors (Lipinski definition) is 2. The first-order chi connectivity index (χ1) is 17.5. The lowest BCUT2D eigenvalue weighted by molar-refractivity contribution is -0.122. The van der Waals surface area contributed by atoms with E-state index in [0.29, 0.717) is 24.2 Å². The average Bonchev–Trinajstić information content (AvgIpc) is 2.93. The molecule has 2 amide bonds. The summed E-state index contributed by atoms with van der Waals surface area (Å²) in [5.41, 5.74) is 0.738. The summed E-state index contributed by atoms with van der Waals surface area (Å²) in [5.74, 6) is 0.593. The van der Waals surface area contributed by atoms with E-state index < -0.39 is 11.9 Å². The number of aromatic nitrogens is 2. The molecule has 11 heteroatoms. The molecule has 192 valence electrons. The van der Waals surface area contributed by atoms with Crippen molar-refractivity contribution in [3.63, 3.8) is 0 Å². The zero-order chi connectivity index (χ0) is 25.8. The van der Waals surface area contributed by atoms with Crippen LogP contribution in [0.1, 0.15) is 40.1 Å². The number of hydrogen-bond acceptors (Lipinski definition) is 9. The van der Waals surface area contributed by atoms with E-state index in [2.05, 4.69) is 30.4 Å². The third kappa shape index (κ3) is 7.84. The van der Waals surface area contributed by atoms with Gasteiger partial charge in [-0.15, -0.1) is 0 Å². The van der Waals surface area contributed by atoms with Gasteiger partial charge in [0.15, 0.2) is 6.29 Å². The number of anilines is 1. The topological polar surface area (TPSA) is 134 Å². The minimum atomic E-state index is -0.799. The monoisotopic (exact) mass is 496 g/mol. The SMILES string of the molecule is CNC(=O)C(CCC=O)NC(=O)c1ccc(OCCCN2CCN(c3ccc(C=O)cn3)CC2)cn1. The van der Waals surface area contributed by atoms with Gasteiger partial charge < -0.3 is 25.1 Å². The van der Waals surface area contributed by atoms with Gasteiger partial charge in [-0.25, -0.2) is 9.97 Å². The number of pyridine rings is 2. The maximum atomic E-state index is 12.4. The average molecular weight is 497 g/mol. The van der Waals surface area contributed by atoms with Crippen LogP contribution in [0.15, 0.2) is 36.7 Å². The number of carbonyl (C=O) groups excluding carboxylic acids is 4. The van der Waals surface area contributed by atoms with Gasteiger partial charge in [0.1, 0.15) is 29.6 Å². The van der Waals surface area contributed by atoms with Crippen LogP contribution in [0, 0.1) is 0 Å². The van der Waals surface area contributed by atoms with Gasteiger partial charge in [-0.1, -0.05) is 0 Å². The molecule has 2 aromatic rings. The van der Waals surface area contributed by atoms with Gasteiger partial charge in [0.25, 0.3) is 5.91 Å². The molecule has 1 aliphatic heterocycles. The van der Waals surface area contributed by atoms with Crippen LogP contribution in [-0.2, 0) is 9.59 Å². The van der Waals surface area contributed by atoms with Gasteiger partial charge in [-0.3, -0.25) is 19.3 Å². The van der Waals surface area contributed by atoms with Gasteiger partial charge in [-0.05, 0) is 37.1 Å². The summed E-state index contributed by atoms with van der Waals surface area (Å²) in [5, 5.41) is 5.08. The molecule has 11 nitrogen and oxygen atoms in total. The highest BCUT2D eigenvalue weighted by Gasteiger charge is 2.21. The van der Waals surface area contributed by atoms with Crippen molar-refractivity contribution in [3.05, 3.63) is 47.9 Å². The van der Waals surface area contributed by atoms with Crippen LogP contribution in [0.2, 0.25) is 0 Å². The molecular weight excluding hydrogens is 464 g/mol. The molecule has 0 aliphatic carbocycles. The maximum Gasteiger partial charge on any atom is 0.270 e. The van der Waals surface area contributed by atoms with Crippen LogP contribution in [0.4, 0.5) is 5.82 Å². The van der Waals surface area contributed by atoms with E-state index in [1.165, 1.54) is 13.2 Å². The fraction of sp³-hybridized carbons (Fsp3) is 0.440. The number of rotatable bonds is 13. The highest BCUT2D eigenvalue weighted by atomic mass is 16.5. The van der Waals surface area contributed by atoms with Gasteiger partial charge in [0.2, 0.25) is 5.91 Å². The Morgan fingerprint density at radius 1 is 1.08 bits per heavy atom. The van der Waals surface area contributed by atoms with E-state index in [0.717, 1.165) is 51.2 Å². The summed E-state index contributed by atoms with van der Waals surface area (Å²) in [6.07, 6.45) is 5.81. The summed E-state index contributed by atoms with van der Waals surface area (Å²) in [7, 11) is 1.47. The zero-order valence-corrected chi connectivity index (χ0v) is 20.4. The number of likely N-dealkylation sites (N-methyl/N-ethyl adjacent to an activating group) is 1. The molecule has 0 bridgehead atoms. The lowest BCUT2D eigenvalue weighted by Gasteiger charge is -2.35. The second kappa shape index (κ2) is 13.9. The third-order valence-corrected chi connectivity index (χ3v) is 5.90. The lowest BCUT2D eigenvalue weighted by atomic mass is 10.1. The van der Waals surface area contributed by atoms with Crippen molar-refractivity contribution in [2.75, 3.05) is 51.3 Å². The molecule has 3 rings (SSSR count). The van der Waals surface area contributed by atoms with Gasteiger partial charge in [0.05, 0.1) is 12.8 Å². The van der Waals surface area contributed by atoms with Crippen molar-refractivity contribution in [1.29, 1.82) is 0 Å². The first-order valence-corrected chi connectivity index (χ1v) is 12.0. The Morgan fingerprint density at radius 2 is 1.89 bits per heavy atom. The van der Waals surface area contributed by atoms with E-state index in [1.54, 1.807) is 24.4 Å². The van der Waals surface area contributed by atoms with Crippen molar-refractivity contribution >= 4 is 30.2 Å². The van der Waals surface area contributed by atoms with Crippen LogP contribution in [0.25, 0.3) is 0 Å². The number of ether oxygens (including phenoxy) is 1. The van der Waals surface area contributed by atoms with Crippen molar-refractivity contribution < 1.29 is 23.9 Å². The molecule has 2 N–H and O–H groups in total. The normalized spacial score (nSPS) is 14.5. The molecule has 1 atom stereocenters. The quantitative estimate of drug-likeness (QED) is 0.304. The molecule has 1 fully saturated rings. The predicted molar refractivity (Wildman–Crippen MR) is 133 cm³/mol. The van der Waals surface area contributed by atoms with Crippen molar-refractivity contribution in [2.24, 2.45) is 0 Å². The summed E-state index contributed by atoms with van der Waals surface area (Å²) >= 11 is 0. The maximum absolute atomic E-state index is 12.4. The summed E-state index contributed by atoms with van der Waals surface area (Å²) in [6, 6.07) is 6.07. The van der Waals surface area contributed by atoms with E-state index in [1.807, 2.05) is 6.07 Å². The number of amides is 2. The fourth-order valence-electron chi connectivity index (χ4n) is 3.84. The summed E-state index contributed by atoms with van der Waals surface area (Å²) < 4.78 is 5.76. The smallest absolute Gasteiger partial charge is 0.270 e. The highest BCUT2D eigenvalue weighted by molar-refractivity contribution is 5.96. The molecule has 1 aliphatic rings. The molecule has 0 saturated carbocycles. The van der Waals surface area contributed by atoms with Crippen molar-refractivity contribution in [2.45, 2.75) is 25.3 Å². The van der Waals surface area contributed by atoms with Gasteiger partial charge in [-0.2, -0.15) is 0 Å². The Labute approximate surface area is 210 Å². The molecule has 0 aromatic carbocycles. The third-order valence-electron chi connectivity index (χ3n) is 5.90. The minimum Gasteiger partial charge on any atom is -0.492 e. The van der Waals surface area contributed by atoms with Crippen LogP contribution < -0.4 is 20.3 Å². The molecular formula is C25H32N6O5. The zero-order valence-electron chi connectivity index (χ0n) is 20.4. The molecule has 3 heterocycles. The second-order valence-electron chi connectivity index (χ2n) is 8.36. The van der Waals surface area contributed by atoms with E-state index in [-0.39, 0.29) is 24.4 Å². The Hall–Kier alpha value is -3.86. The largest absolute Gasteiger partial charge is 0.492 e. The molecule has 36 heavy (non-hydrogen) atoms. The van der Waals surface area contributed by atoms with E-state index in [9.17, 15) is 19.2 Å². The lowest BCUT2D eigenvalue weighted by Crippen LogP contribution is -2.47. The number of nitrogens with zero attached hydrogens (tertiary/aromatic N) is 4. The molecule has 1 unspecified atom stereocenters. The standard InChI is InChI=1S/C25H32N6O5/c1-26-24(34)22(4-2-14-32)29-25(35)21-7-6-20(17-27-21)36-15-3-9-30-10-12-31(13-11-30)23-8-5-19(18-33)16-28-23/h5-8,14,16-18,22H,2-4,9-13,15H2,1H3,(H,26,34)(H,29,35). The Balaban J connectivity index is 1.36. The van der Waals surface area contributed by atoms with Crippen LogP contribution in [0.3, 0.4) is 0 Å². The van der Waals surface area contributed by atoms with E-state index >= 15 is 0 Å².